The van der Waals surface area contributed by atoms with Gasteiger partial charge < -0.3 is 11.1 Å². The first-order valence-electron chi connectivity index (χ1n) is 5.66. The lowest BCUT2D eigenvalue weighted by Gasteiger charge is -2.28. The van der Waals surface area contributed by atoms with Gasteiger partial charge in [0, 0.05) is 0 Å². The lowest BCUT2D eigenvalue weighted by Crippen LogP contribution is -2.43. The molecule has 0 radical (unpaired) electrons. The smallest absolute Gasteiger partial charge is 0.286 e. The molecule has 1 fully saturated rings. The summed E-state index contributed by atoms with van der Waals surface area (Å²) in [6, 6.07) is -0.372. The van der Waals surface area contributed by atoms with Crippen molar-refractivity contribution in [1.82, 2.24) is 5.32 Å². The van der Waals surface area contributed by atoms with Crippen LogP contribution in [0.25, 0.3) is 0 Å². The number of likely N-dealkylation sites (N-methyl/N-ethyl adjacent to an activating group) is 1. The van der Waals surface area contributed by atoms with E-state index >= 15 is 0 Å². The first-order chi connectivity index (χ1) is 7.15. The highest BCUT2D eigenvalue weighted by Crippen LogP contribution is 2.30. The second kappa shape index (κ2) is 7.40. The summed E-state index contributed by atoms with van der Waals surface area (Å²) in [6.45, 7) is 4.00. The van der Waals surface area contributed by atoms with E-state index in [0.717, 1.165) is 6.42 Å². The van der Waals surface area contributed by atoms with Crippen molar-refractivity contribution in [2.45, 2.75) is 45.6 Å². The molecule has 15 heavy (non-hydrogen) atoms. The molecule has 1 saturated carbocycles. The van der Waals surface area contributed by atoms with Gasteiger partial charge in [-0.1, -0.05) is 33.1 Å². The highest BCUT2D eigenvalue weighted by molar-refractivity contribution is 6.37. The number of nitrogens with two attached hydrogens (primary N) is 1. The van der Waals surface area contributed by atoms with Gasteiger partial charge in [-0.15, -0.1) is 0 Å². The Balaban J connectivity index is 0.000000921. The topological polar surface area (TPSA) is 72.2 Å². The van der Waals surface area contributed by atoms with Gasteiger partial charge >= 0.3 is 0 Å². The van der Waals surface area contributed by atoms with E-state index in [2.05, 4.69) is 5.32 Å². The molecule has 1 rings (SSSR count). The summed E-state index contributed by atoms with van der Waals surface area (Å²) in [4.78, 5) is 21.8. The van der Waals surface area contributed by atoms with E-state index in [0.29, 0.717) is 5.92 Å². The van der Waals surface area contributed by atoms with Gasteiger partial charge in [0.25, 0.3) is 5.91 Å². The van der Waals surface area contributed by atoms with Crippen LogP contribution < -0.4 is 11.1 Å². The maximum Gasteiger partial charge on any atom is 0.286 e. The highest BCUT2D eigenvalue weighted by atomic mass is 16.2. The molecule has 0 aliphatic heterocycles. The second-order valence-electron chi connectivity index (χ2n) is 3.60. The lowest BCUT2D eigenvalue weighted by molar-refractivity contribution is -0.137. The molecule has 0 bridgehead atoms. The van der Waals surface area contributed by atoms with Gasteiger partial charge in [0.2, 0.25) is 5.78 Å². The largest absolute Gasteiger partial charge is 0.363 e. The third kappa shape index (κ3) is 4.42. The normalized spacial score (nSPS) is 17.0. The molecule has 1 aliphatic rings. The molecule has 0 heterocycles. The molecule has 0 aromatic carbocycles. The zero-order valence-corrected chi connectivity index (χ0v) is 9.88. The fourth-order valence-electron chi connectivity index (χ4n) is 1.59. The van der Waals surface area contributed by atoms with Gasteiger partial charge in [-0.25, -0.2) is 0 Å². The highest BCUT2D eigenvalue weighted by Gasteiger charge is 2.27. The van der Waals surface area contributed by atoms with Crippen LogP contribution in [-0.4, -0.2) is 24.8 Å². The van der Waals surface area contributed by atoms with Crippen molar-refractivity contribution in [1.29, 1.82) is 0 Å². The molecule has 0 spiro atoms. The summed E-state index contributed by atoms with van der Waals surface area (Å²) in [7, 11) is 1.68. The van der Waals surface area contributed by atoms with E-state index in [1.807, 2.05) is 13.8 Å². The Bertz CT molecular complexity index is 213. The quantitative estimate of drug-likeness (QED) is 0.666. The molecule has 0 aromatic heterocycles. The van der Waals surface area contributed by atoms with Crippen LogP contribution in [0.2, 0.25) is 0 Å². The number of amides is 1. The SMILES string of the molecule is CC.CNC(CC1CCC1)C(=O)C(N)=O. The molecular weight excluding hydrogens is 192 g/mol. The number of hydrogen-bond acceptors (Lipinski definition) is 3. The van der Waals surface area contributed by atoms with E-state index < -0.39 is 11.7 Å². The van der Waals surface area contributed by atoms with E-state index in [1.165, 1.54) is 19.3 Å². The van der Waals surface area contributed by atoms with Gasteiger partial charge in [-0.05, 0) is 19.4 Å². The molecule has 1 aliphatic carbocycles. The third-order valence-electron chi connectivity index (χ3n) is 2.70. The number of nitrogens with one attached hydrogen (secondary N) is 1. The van der Waals surface area contributed by atoms with Crippen LogP contribution in [0.4, 0.5) is 0 Å². The molecule has 1 amide bonds. The average molecular weight is 214 g/mol. The number of carbonyl (C=O) groups excluding carboxylic acids is 2. The maximum atomic E-state index is 11.2. The number of ketones is 1. The minimum absolute atomic E-state index is 0.372. The average Bonchev–Trinajstić information content (AvgIpc) is 2.19. The summed E-state index contributed by atoms with van der Waals surface area (Å²) in [5.74, 6) is -0.728. The number of Topliss-reactive ketones (excluding diaryl/α,β-unsaturated/α-hetero) is 1. The molecule has 4 nitrogen and oxygen atoms in total. The summed E-state index contributed by atoms with van der Waals surface area (Å²) in [5.41, 5.74) is 4.92. The molecular formula is C11H22N2O2. The summed E-state index contributed by atoms with van der Waals surface area (Å²) in [6.07, 6.45) is 4.33. The Morgan fingerprint density at radius 2 is 1.93 bits per heavy atom. The van der Waals surface area contributed by atoms with Crippen molar-refractivity contribution in [3.05, 3.63) is 0 Å². The number of rotatable bonds is 5. The van der Waals surface area contributed by atoms with E-state index in [4.69, 9.17) is 5.73 Å². The van der Waals surface area contributed by atoms with Crippen LogP contribution in [0, 0.1) is 5.92 Å². The van der Waals surface area contributed by atoms with Gasteiger partial charge in [0.05, 0.1) is 6.04 Å². The summed E-state index contributed by atoms with van der Waals surface area (Å²) >= 11 is 0. The minimum atomic E-state index is -0.835. The zero-order valence-electron chi connectivity index (χ0n) is 9.88. The Morgan fingerprint density at radius 1 is 1.40 bits per heavy atom. The van der Waals surface area contributed by atoms with Crippen molar-refractivity contribution in [3.8, 4) is 0 Å². The van der Waals surface area contributed by atoms with Crippen LogP contribution in [-0.2, 0) is 9.59 Å². The molecule has 4 heteroatoms. The van der Waals surface area contributed by atoms with E-state index in [9.17, 15) is 9.59 Å². The van der Waals surface area contributed by atoms with Gasteiger partial charge in [-0.3, -0.25) is 9.59 Å². The van der Waals surface area contributed by atoms with Crippen molar-refractivity contribution in [2.75, 3.05) is 7.05 Å². The maximum absolute atomic E-state index is 11.2. The Hall–Kier alpha value is -0.900. The van der Waals surface area contributed by atoms with Crippen LogP contribution in [0.5, 0.6) is 0 Å². The lowest BCUT2D eigenvalue weighted by atomic mass is 9.80. The minimum Gasteiger partial charge on any atom is -0.363 e. The van der Waals surface area contributed by atoms with Crippen LogP contribution >= 0.6 is 0 Å². The predicted molar refractivity (Wildman–Crippen MR) is 60.4 cm³/mol. The van der Waals surface area contributed by atoms with Crippen molar-refractivity contribution in [3.63, 3.8) is 0 Å². The fraction of sp³-hybridized carbons (Fsp3) is 0.818. The first-order valence-corrected chi connectivity index (χ1v) is 5.66. The molecule has 88 valence electrons. The number of hydrogen-bond donors (Lipinski definition) is 2. The number of carbonyl (C=O) groups is 2. The van der Waals surface area contributed by atoms with Crippen LogP contribution in [0.15, 0.2) is 0 Å². The third-order valence-corrected chi connectivity index (χ3v) is 2.70. The standard InChI is InChI=1S/C9H16N2O2.C2H6/c1-11-7(8(12)9(10)13)5-6-3-2-4-6;1-2/h6-7,11H,2-5H2,1H3,(H2,10,13);1-2H3. The van der Waals surface area contributed by atoms with Gasteiger partial charge in [0.1, 0.15) is 0 Å². The number of primary amides is 1. The molecule has 3 N–H and O–H groups in total. The van der Waals surface area contributed by atoms with E-state index in [-0.39, 0.29) is 6.04 Å². The van der Waals surface area contributed by atoms with E-state index in [1.54, 1.807) is 7.05 Å². The van der Waals surface area contributed by atoms with Crippen LogP contribution in [0.1, 0.15) is 39.5 Å². The van der Waals surface area contributed by atoms with Crippen molar-refractivity contribution < 1.29 is 9.59 Å². The Morgan fingerprint density at radius 3 is 2.20 bits per heavy atom. The summed E-state index contributed by atoms with van der Waals surface area (Å²) in [5, 5.41) is 2.83. The Labute approximate surface area is 91.6 Å². The predicted octanol–water partition coefficient (Wildman–Crippen LogP) is 0.845. The van der Waals surface area contributed by atoms with Crippen molar-refractivity contribution in [2.24, 2.45) is 11.7 Å². The molecule has 1 unspecified atom stereocenters. The first kappa shape index (κ1) is 14.1. The zero-order chi connectivity index (χ0) is 11.8. The van der Waals surface area contributed by atoms with Crippen molar-refractivity contribution >= 4 is 11.7 Å². The molecule has 0 saturated heterocycles. The molecule has 1 atom stereocenters. The summed E-state index contributed by atoms with van der Waals surface area (Å²) < 4.78 is 0. The monoisotopic (exact) mass is 214 g/mol. The van der Waals surface area contributed by atoms with Crippen LogP contribution in [0.3, 0.4) is 0 Å². The van der Waals surface area contributed by atoms with Gasteiger partial charge in [-0.2, -0.15) is 0 Å². The Kier molecular flexibility index (Phi) is 6.96. The van der Waals surface area contributed by atoms with Gasteiger partial charge in [0.15, 0.2) is 0 Å². The fourth-order valence-corrected chi connectivity index (χ4v) is 1.59. The molecule has 0 aromatic rings. The second-order valence-corrected chi connectivity index (χ2v) is 3.60.